The van der Waals surface area contributed by atoms with Crippen LogP contribution in [0.2, 0.25) is 0 Å². The van der Waals surface area contributed by atoms with Crippen LogP contribution in [-0.4, -0.2) is 36.4 Å². The molecular formula is C12H23NO3. The molecule has 0 aromatic rings. The first-order valence-electron chi connectivity index (χ1n) is 6.14. The van der Waals surface area contributed by atoms with Crippen LogP contribution in [0.4, 0.5) is 0 Å². The van der Waals surface area contributed by atoms with E-state index in [-0.39, 0.29) is 18.1 Å². The minimum atomic E-state index is -0.743. The van der Waals surface area contributed by atoms with Crippen molar-refractivity contribution in [3.05, 3.63) is 0 Å². The number of carbonyl (C=O) groups is 1. The number of aliphatic carboxylic acids is 1. The van der Waals surface area contributed by atoms with Gasteiger partial charge in [-0.1, -0.05) is 19.8 Å². The molecule has 0 saturated heterocycles. The fourth-order valence-corrected chi connectivity index (χ4v) is 2.66. The minimum Gasteiger partial charge on any atom is -0.481 e. The molecule has 2 unspecified atom stereocenters. The molecule has 1 saturated carbocycles. The van der Waals surface area contributed by atoms with E-state index in [1.807, 2.05) is 0 Å². The average molecular weight is 229 g/mol. The van der Waals surface area contributed by atoms with E-state index in [2.05, 4.69) is 12.2 Å². The summed E-state index contributed by atoms with van der Waals surface area (Å²) in [5, 5.41) is 12.5. The molecule has 16 heavy (non-hydrogen) atoms. The highest BCUT2D eigenvalue weighted by molar-refractivity contribution is 5.68. The number of ether oxygens (including phenoxy) is 1. The molecule has 0 heterocycles. The summed E-state index contributed by atoms with van der Waals surface area (Å²) in [6.07, 6.45) is 5.28. The van der Waals surface area contributed by atoms with Crippen LogP contribution < -0.4 is 5.32 Å². The van der Waals surface area contributed by atoms with Gasteiger partial charge < -0.3 is 15.2 Å². The Labute approximate surface area is 97.4 Å². The summed E-state index contributed by atoms with van der Waals surface area (Å²) in [6.45, 7) is 2.94. The molecule has 0 aromatic heterocycles. The number of hydrogen-bond acceptors (Lipinski definition) is 3. The lowest BCUT2D eigenvalue weighted by atomic mass is 9.76. The van der Waals surface area contributed by atoms with E-state index in [0.717, 1.165) is 38.6 Å². The zero-order valence-corrected chi connectivity index (χ0v) is 10.3. The molecule has 4 nitrogen and oxygen atoms in total. The first-order valence-corrected chi connectivity index (χ1v) is 6.14. The SMILES string of the molecule is CCCNC1(CC(=O)O)CCCCC1OC. The normalized spacial score (nSPS) is 30.2. The lowest BCUT2D eigenvalue weighted by molar-refractivity contribution is -0.141. The van der Waals surface area contributed by atoms with Crippen molar-refractivity contribution in [1.82, 2.24) is 5.32 Å². The van der Waals surface area contributed by atoms with Crippen LogP contribution in [0.1, 0.15) is 45.4 Å². The summed E-state index contributed by atoms with van der Waals surface area (Å²) in [6, 6.07) is 0. The summed E-state index contributed by atoms with van der Waals surface area (Å²) in [4.78, 5) is 11.0. The molecule has 0 spiro atoms. The van der Waals surface area contributed by atoms with E-state index in [9.17, 15) is 4.79 Å². The van der Waals surface area contributed by atoms with Gasteiger partial charge in [-0.15, -0.1) is 0 Å². The number of methoxy groups -OCH3 is 1. The van der Waals surface area contributed by atoms with Crippen LogP contribution in [0.15, 0.2) is 0 Å². The second-order valence-electron chi connectivity index (χ2n) is 4.62. The van der Waals surface area contributed by atoms with Gasteiger partial charge in [0, 0.05) is 7.11 Å². The van der Waals surface area contributed by atoms with Crippen molar-refractivity contribution in [2.24, 2.45) is 0 Å². The number of nitrogens with one attached hydrogen (secondary N) is 1. The van der Waals surface area contributed by atoms with E-state index in [1.165, 1.54) is 0 Å². The standard InChI is InChI=1S/C12H23NO3/c1-3-8-13-12(9-11(14)15)7-5-4-6-10(12)16-2/h10,13H,3-9H2,1-2H3,(H,14,15). The maximum absolute atomic E-state index is 11.0. The van der Waals surface area contributed by atoms with Gasteiger partial charge in [0.05, 0.1) is 18.1 Å². The van der Waals surface area contributed by atoms with Gasteiger partial charge in [-0.3, -0.25) is 4.79 Å². The van der Waals surface area contributed by atoms with E-state index >= 15 is 0 Å². The Morgan fingerprint density at radius 2 is 2.31 bits per heavy atom. The summed E-state index contributed by atoms with van der Waals surface area (Å²) in [7, 11) is 1.68. The maximum atomic E-state index is 11.0. The van der Waals surface area contributed by atoms with Gasteiger partial charge in [-0.2, -0.15) is 0 Å². The average Bonchev–Trinajstić information content (AvgIpc) is 2.26. The van der Waals surface area contributed by atoms with Crippen molar-refractivity contribution in [3.8, 4) is 0 Å². The van der Waals surface area contributed by atoms with Crippen molar-refractivity contribution in [2.45, 2.75) is 57.1 Å². The molecule has 2 N–H and O–H groups in total. The molecular weight excluding hydrogens is 206 g/mol. The molecule has 1 fully saturated rings. The zero-order valence-electron chi connectivity index (χ0n) is 10.3. The lowest BCUT2D eigenvalue weighted by Gasteiger charge is -2.43. The Balaban J connectivity index is 2.75. The largest absolute Gasteiger partial charge is 0.481 e. The van der Waals surface area contributed by atoms with Crippen LogP contribution >= 0.6 is 0 Å². The Bertz CT molecular complexity index is 232. The predicted octanol–water partition coefficient (Wildman–Crippen LogP) is 1.79. The highest BCUT2D eigenvalue weighted by Gasteiger charge is 2.42. The van der Waals surface area contributed by atoms with Crippen molar-refractivity contribution in [3.63, 3.8) is 0 Å². The van der Waals surface area contributed by atoms with Gasteiger partial charge in [0.25, 0.3) is 0 Å². The predicted molar refractivity (Wildman–Crippen MR) is 62.5 cm³/mol. The van der Waals surface area contributed by atoms with Crippen molar-refractivity contribution >= 4 is 5.97 Å². The monoisotopic (exact) mass is 229 g/mol. The quantitative estimate of drug-likeness (QED) is 0.729. The molecule has 0 amide bonds. The molecule has 0 aromatic carbocycles. The van der Waals surface area contributed by atoms with Crippen molar-refractivity contribution in [2.75, 3.05) is 13.7 Å². The van der Waals surface area contributed by atoms with E-state index in [1.54, 1.807) is 7.11 Å². The Kier molecular flexibility index (Phi) is 5.22. The van der Waals surface area contributed by atoms with Gasteiger partial charge >= 0.3 is 5.97 Å². The van der Waals surface area contributed by atoms with Gasteiger partial charge in [0.1, 0.15) is 0 Å². The van der Waals surface area contributed by atoms with Crippen molar-refractivity contribution in [1.29, 1.82) is 0 Å². The fourth-order valence-electron chi connectivity index (χ4n) is 2.66. The number of carboxylic acid groups (broad SMARTS) is 1. The van der Waals surface area contributed by atoms with Gasteiger partial charge in [0.15, 0.2) is 0 Å². The molecule has 1 rings (SSSR count). The van der Waals surface area contributed by atoms with Crippen LogP contribution in [-0.2, 0) is 9.53 Å². The first-order chi connectivity index (χ1) is 7.64. The summed E-state index contributed by atoms with van der Waals surface area (Å²) < 4.78 is 5.48. The third kappa shape index (κ3) is 3.19. The topological polar surface area (TPSA) is 58.6 Å². The summed E-state index contributed by atoms with van der Waals surface area (Å²) >= 11 is 0. The van der Waals surface area contributed by atoms with Crippen LogP contribution in [0.3, 0.4) is 0 Å². The fraction of sp³-hybridized carbons (Fsp3) is 0.917. The molecule has 1 aliphatic carbocycles. The molecule has 0 bridgehead atoms. The number of rotatable bonds is 6. The van der Waals surface area contributed by atoms with Crippen molar-refractivity contribution < 1.29 is 14.6 Å². The third-order valence-corrected chi connectivity index (χ3v) is 3.43. The van der Waals surface area contributed by atoms with Crippen LogP contribution in [0.5, 0.6) is 0 Å². The third-order valence-electron chi connectivity index (χ3n) is 3.43. The highest BCUT2D eigenvalue weighted by Crippen LogP contribution is 2.33. The van der Waals surface area contributed by atoms with Gasteiger partial charge in [-0.05, 0) is 25.8 Å². The summed E-state index contributed by atoms with van der Waals surface area (Å²) in [5.74, 6) is -0.743. The molecule has 0 radical (unpaired) electrons. The molecule has 4 heteroatoms. The first kappa shape index (κ1) is 13.5. The van der Waals surface area contributed by atoms with Gasteiger partial charge in [0.2, 0.25) is 0 Å². The van der Waals surface area contributed by atoms with Crippen LogP contribution in [0.25, 0.3) is 0 Å². The summed E-state index contributed by atoms with van der Waals surface area (Å²) in [5.41, 5.74) is -0.352. The molecule has 1 aliphatic rings. The highest BCUT2D eigenvalue weighted by atomic mass is 16.5. The Morgan fingerprint density at radius 3 is 2.88 bits per heavy atom. The van der Waals surface area contributed by atoms with E-state index in [0.29, 0.717) is 0 Å². The second-order valence-corrected chi connectivity index (χ2v) is 4.62. The maximum Gasteiger partial charge on any atom is 0.305 e. The van der Waals surface area contributed by atoms with E-state index in [4.69, 9.17) is 9.84 Å². The molecule has 94 valence electrons. The number of carboxylic acids is 1. The smallest absolute Gasteiger partial charge is 0.305 e. The second kappa shape index (κ2) is 6.21. The lowest BCUT2D eigenvalue weighted by Crippen LogP contribution is -2.58. The Hall–Kier alpha value is -0.610. The van der Waals surface area contributed by atoms with Crippen LogP contribution in [0, 0.1) is 0 Å². The van der Waals surface area contributed by atoms with Gasteiger partial charge in [-0.25, -0.2) is 0 Å². The molecule has 2 atom stereocenters. The minimum absolute atomic E-state index is 0.0314. The molecule has 0 aliphatic heterocycles. The van der Waals surface area contributed by atoms with E-state index < -0.39 is 5.97 Å². The number of hydrogen-bond donors (Lipinski definition) is 2. The Morgan fingerprint density at radius 1 is 1.56 bits per heavy atom. The zero-order chi connectivity index (χ0) is 12.0.